The lowest BCUT2D eigenvalue weighted by Gasteiger charge is -1.83. The zero-order chi connectivity index (χ0) is 7.97. The van der Waals surface area contributed by atoms with E-state index >= 15 is 0 Å². The predicted octanol–water partition coefficient (Wildman–Crippen LogP) is 1.57. The van der Waals surface area contributed by atoms with Crippen LogP contribution in [0.15, 0.2) is 17.9 Å². The van der Waals surface area contributed by atoms with Crippen LogP contribution in [0.25, 0.3) is 21.3 Å². The van der Waals surface area contributed by atoms with Crippen molar-refractivity contribution < 1.29 is 0 Å². The Morgan fingerprint density at radius 2 is 2.17 bits per heavy atom. The van der Waals surface area contributed by atoms with E-state index in [1.165, 1.54) is 0 Å². The van der Waals surface area contributed by atoms with Crippen LogP contribution in [0.4, 0.5) is 0 Å². The average molecular weight is 176 g/mol. The summed E-state index contributed by atoms with van der Waals surface area (Å²) in [7, 11) is 0. The number of aromatic amines is 1. The molecule has 58 valence electrons. The van der Waals surface area contributed by atoms with Crippen LogP contribution < -0.4 is 0 Å². The number of fused-ring (bicyclic) bond motifs is 3. The first-order chi connectivity index (χ1) is 5.95. The van der Waals surface area contributed by atoms with Crippen molar-refractivity contribution in [2.24, 2.45) is 0 Å². The van der Waals surface area contributed by atoms with E-state index in [0.717, 1.165) is 21.3 Å². The van der Waals surface area contributed by atoms with Gasteiger partial charge >= 0.3 is 0 Å². The van der Waals surface area contributed by atoms with Gasteiger partial charge in [-0.2, -0.15) is 10.2 Å². The highest BCUT2D eigenvalue weighted by Crippen LogP contribution is 2.25. The Bertz CT molecular complexity index is 537. The molecule has 0 saturated carbocycles. The average Bonchev–Trinajstić information content (AvgIpc) is 2.62. The van der Waals surface area contributed by atoms with E-state index in [2.05, 4.69) is 20.2 Å². The molecular weight excluding hydrogens is 172 g/mol. The van der Waals surface area contributed by atoms with Gasteiger partial charge in [-0.25, -0.2) is 4.98 Å². The molecule has 0 radical (unpaired) electrons. The van der Waals surface area contributed by atoms with Gasteiger partial charge in [0.05, 0.1) is 28.1 Å². The molecule has 0 spiro atoms. The van der Waals surface area contributed by atoms with E-state index in [4.69, 9.17) is 0 Å². The molecule has 0 aliphatic carbocycles. The molecule has 5 heteroatoms. The standard InChI is InChI=1S/C7H4N4S/c1-4-5(2-10-9-1)11-7-6(4)12-3-8-7/h1-3,11H. The van der Waals surface area contributed by atoms with Crippen LogP contribution in [-0.2, 0) is 0 Å². The molecule has 0 aliphatic rings. The Morgan fingerprint density at radius 1 is 1.25 bits per heavy atom. The van der Waals surface area contributed by atoms with E-state index < -0.39 is 0 Å². The molecule has 3 heterocycles. The number of hydrogen-bond donors (Lipinski definition) is 1. The first-order valence-electron chi connectivity index (χ1n) is 3.47. The van der Waals surface area contributed by atoms with Crippen LogP contribution in [0.1, 0.15) is 0 Å². The Kier molecular flexibility index (Phi) is 1.02. The Hall–Kier alpha value is -1.49. The number of H-pyrrole nitrogens is 1. The fourth-order valence-corrected chi connectivity index (χ4v) is 2.02. The third kappa shape index (κ3) is 0.634. The molecule has 0 unspecified atom stereocenters. The molecule has 1 N–H and O–H groups in total. The maximum atomic E-state index is 4.16. The van der Waals surface area contributed by atoms with E-state index in [-0.39, 0.29) is 0 Å². The molecule has 3 rings (SSSR count). The summed E-state index contributed by atoms with van der Waals surface area (Å²) in [6.45, 7) is 0. The molecule has 3 aromatic heterocycles. The van der Waals surface area contributed by atoms with Crippen molar-refractivity contribution in [2.45, 2.75) is 0 Å². The van der Waals surface area contributed by atoms with E-state index in [1.807, 2.05) is 5.51 Å². The van der Waals surface area contributed by atoms with Crippen LogP contribution in [0.5, 0.6) is 0 Å². The Labute approximate surface area is 71.3 Å². The maximum absolute atomic E-state index is 4.16. The van der Waals surface area contributed by atoms with Gasteiger partial charge in [-0.05, 0) is 0 Å². The molecular formula is C7H4N4S. The number of thiazole rings is 1. The summed E-state index contributed by atoms with van der Waals surface area (Å²) in [6.07, 6.45) is 3.47. The number of nitrogens with zero attached hydrogens (tertiary/aromatic N) is 3. The summed E-state index contributed by atoms with van der Waals surface area (Å²) in [5, 5.41) is 8.71. The molecule has 0 amide bonds. The smallest absolute Gasteiger partial charge is 0.149 e. The van der Waals surface area contributed by atoms with Gasteiger partial charge in [0.2, 0.25) is 0 Å². The first-order valence-corrected chi connectivity index (χ1v) is 4.35. The summed E-state index contributed by atoms with van der Waals surface area (Å²) in [4.78, 5) is 7.32. The normalized spacial score (nSPS) is 11.3. The summed E-state index contributed by atoms with van der Waals surface area (Å²) < 4.78 is 1.15. The van der Waals surface area contributed by atoms with Gasteiger partial charge in [0, 0.05) is 5.39 Å². The van der Waals surface area contributed by atoms with Gasteiger partial charge in [0.1, 0.15) is 5.65 Å². The van der Waals surface area contributed by atoms with Crippen molar-refractivity contribution in [1.29, 1.82) is 0 Å². The summed E-state index contributed by atoms with van der Waals surface area (Å²) >= 11 is 1.61. The number of hydrogen-bond acceptors (Lipinski definition) is 4. The maximum Gasteiger partial charge on any atom is 0.149 e. The number of nitrogens with one attached hydrogen (secondary N) is 1. The Morgan fingerprint density at radius 3 is 3.17 bits per heavy atom. The lowest BCUT2D eigenvalue weighted by atomic mass is 10.4. The van der Waals surface area contributed by atoms with Crippen molar-refractivity contribution in [3.63, 3.8) is 0 Å². The third-order valence-corrected chi connectivity index (χ3v) is 2.66. The summed E-state index contributed by atoms with van der Waals surface area (Å²) in [5.74, 6) is 0. The van der Waals surface area contributed by atoms with Crippen molar-refractivity contribution in [3.05, 3.63) is 17.9 Å². The van der Waals surface area contributed by atoms with Crippen molar-refractivity contribution in [1.82, 2.24) is 20.2 Å². The minimum Gasteiger partial charge on any atom is -0.337 e. The molecule has 0 fully saturated rings. The highest BCUT2D eigenvalue weighted by atomic mass is 32.1. The minimum absolute atomic E-state index is 0.921. The van der Waals surface area contributed by atoms with Crippen molar-refractivity contribution in [3.8, 4) is 0 Å². The van der Waals surface area contributed by atoms with Crippen LogP contribution >= 0.6 is 11.3 Å². The molecule has 3 aromatic rings. The van der Waals surface area contributed by atoms with Crippen LogP contribution in [-0.4, -0.2) is 20.2 Å². The summed E-state index contributed by atoms with van der Waals surface area (Å²) in [6, 6.07) is 0. The van der Waals surface area contributed by atoms with Gasteiger partial charge in [-0.15, -0.1) is 11.3 Å². The van der Waals surface area contributed by atoms with Crippen molar-refractivity contribution in [2.75, 3.05) is 0 Å². The Balaban J connectivity index is 2.68. The molecule has 0 aliphatic heterocycles. The van der Waals surface area contributed by atoms with Gasteiger partial charge in [-0.3, -0.25) is 0 Å². The highest BCUT2D eigenvalue weighted by molar-refractivity contribution is 7.17. The fraction of sp³-hybridized carbons (Fsp3) is 0. The predicted molar refractivity (Wildman–Crippen MR) is 47.1 cm³/mol. The highest BCUT2D eigenvalue weighted by Gasteiger charge is 2.05. The van der Waals surface area contributed by atoms with E-state index in [0.29, 0.717) is 0 Å². The topological polar surface area (TPSA) is 54.5 Å². The molecule has 0 bridgehead atoms. The van der Waals surface area contributed by atoms with E-state index in [1.54, 1.807) is 23.7 Å². The second-order valence-corrected chi connectivity index (χ2v) is 3.33. The molecule has 0 saturated heterocycles. The lowest BCUT2D eigenvalue weighted by Crippen LogP contribution is -1.76. The second kappa shape index (κ2) is 2.01. The molecule has 0 atom stereocenters. The van der Waals surface area contributed by atoms with Gasteiger partial charge in [0.15, 0.2) is 0 Å². The minimum atomic E-state index is 0.921. The van der Waals surface area contributed by atoms with E-state index in [9.17, 15) is 0 Å². The molecule has 4 nitrogen and oxygen atoms in total. The summed E-state index contributed by atoms with van der Waals surface area (Å²) in [5.41, 5.74) is 3.74. The first kappa shape index (κ1) is 6.07. The monoisotopic (exact) mass is 176 g/mol. The molecule has 12 heavy (non-hydrogen) atoms. The lowest BCUT2D eigenvalue weighted by molar-refractivity contribution is 1.05. The quantitative estimate of drug-likeness (QED) is 0.565. The number of rotatable bonds is 0. The van der Waals surface area contributed by atoms with Crippen molar-refractivity contribution >= 4 is 32.6 Å². The largest absolute Gasteiger partial charge is 0.337 e. The third-order valence-electron chi connectivity index (χ3n) is 1.80. The fourth-order valence-electron chi connectivity index (χ4n) is 1.26. The van der Waals surface area contributed by atoms with Crippen LogP contribution in [0.3, 0.4) is 0 Å². The van der Waals surface area contributed by atoms with Gasteiger partial charge < -0.3 is 4.98 Å². The second-order valence-electron chi connectivity index (χ2n) is 2.47. The molecule has 0 aromatic carbocycles. The zero-order valence-electron chi connectivity index (χ0n) is 5.98. The SMILES string of the molecule is c1nc2[nH]c3cnncc3c2s1. The van der Waals surface area contributed by atoms with Crippen LogP contribution in [0, 0.1) is 0 Å². The zero-order valence-corrected chi connectivity index (χ0v) is 6.80. The van der Waals surface area contributed by atoms with Gasteiger partial charge in [0.25, 0.3) is 0 Å². The number of aromatic nitrogens is 4. The van der Waals surface area contributed by atoms with Crippen LogP contribution in [0.2, 0.25) is 0 Å². The van der Waals surface area contributed by atoms with Gasteiger partial charge in [-0.1, -0.05) is 0 Å².